The number of amides is 1. The molecule has 32 heavy (non-hydrogen) atoms. The fourth-order valence-corrected chi connectivity index (χ4v) is 6.11. The second-order valence-electron chi connectivity index (χ2n) is 8.16. The van der Waals surface area contributed by atoms with Crippen LogP contribution < -0.4 is 10.9 Å². The number of Topliss-reactive ketones (excluding diaryl/α,β-unsaturated/α-hetero) is 1. The molecular formula is C24H27N3O3S2. The second-order valence-corrected chi connectivity index (χ2v) is 10.3. The van der Waals surface area contributed by atoms with E-state index in [-0.39, 0.29) is 29.0 Å². The van der Waals surface area contributed by atoms with Crippen molar-refractivity contribution in [3.05, 3.63) is 50.6 Å². The Kier molecular flexibility index (Phi) is 6.81. The first-order valence-corrected chi connectivity index (χ1v) is 12.8. The first-order valence-electron chi connectivity index (χ1n) is 11.0. The van der Waals surface area contributed by atoms with Crippen molar-refractivity contribution in [1.82, 2.24) is 9.55 Å². The van der Waals surface area contributed by atoms with Crippen molar-refractivity contribution in [3.8, 4) is 0 Å². The number of ketones is 1. The van der Waals surface area contributed by atoms with Gasteiger partial charge in [-0.1, -0.05) is 31.5 Å². The van der Waals surface area contributed by atoms with Gasteiger partial charge in [0.25, 0.3) is 5.56 Å². The molecule has 6 nitrogen and oxygen atoms in total. The van der Waals surface area contributed by atoms with Gasteiger partial charge in [0.15, 0.2) is 10.9 Å². The van der Waals surface area contributed by atoms with E-state index in [2.05, 4.69) is 5.32 Å². The SMILES string of the molecule is CCC(=O)Nc1ccc(C(=O)CSc2nc3sc(C)c(C)c3c(=O)n2C2CCCC2)cc1. The van der Waals surface area contributed by atoms with Gasteiger partial charge in [-0.2, -0.15) is 0 Å². The molecule has 1 amide bonds. The van der Waals surface area contributed by atoms with Crippen LogP contribution in [0.4, 0.5) is 5.69 Å². The molecule has 0 atom stereocenters. The van der Waals surface area contributed by atoms with Crippen LogP contribution in [-0.2, 0) is 4.79 Å². The number of aromatic nitrogens is 2. The zero-order valence-corrected chi connectivity index (χ0v) is 20.2. The highest BCUT2D eigenvalue weighted by atomic mass is 32.2. The van der Waals surface area contributed by atoms with Crippen LogP contribution in [0.5, 0.6) is 0 Å². The van der Waals surface area contributed by atoms with Gasteiger partial charge >= 0.3 is 0 Å². The Morgan fingerprint density at radius 2 is 1.88 bits per heavy atom. The number of nitrogens with one attached hydrogen (secondary N) is 1. The molecule has 0 bridgehead atoms. The van der Waals surface area contributed by atoms with Crippen molar-refractivity contribution in [2.24, 2.45) is 0 Å². The topological polar surface area (TPSA) is 81.1 Å². The first kappa shape index (κ1) is 22.7. The number of benzene rings is 1. The Labute approximate surface area is 195 Å². The lowest BCUT2D eigenvalue weighted by molar-refractivity contribution is -0.115. The summed E-state index contributed by atoms with van der Waals surface area (Å²) in [5, 5.41) is 4.14. The minimum atomic E-state index is -0.0648. The third-order valence-electron chi connectivity index (χ3n) is 6.04. The number of thioether (sulfide) groups is 1. The second kappa shape index (κ2) is 9.58. The number of nitrogens with zero attached hydrogens (tertiary/aromatic N) is 2. The Morgan fingerprint density at radius 3 is 2.53 bits per heavy atom. The van der Waals surface area contributed by atoms with Gasteiger partial charge in [0.05, 0.1) is 11.1 Å². The summed E-state index contributed by atoms with van der Waals surface area (Å²) in [7, 11) is 0. The predicted molar refractivity (Wildman–Crippen MR) is 131 cm³/mol. The largest absolute Gasteiger partial charge is 0.326 e. The lowest BCUT2D eigenvalue weighted by atomic mass is 10.1. The maximum Gasteiger partial charge on any atom is 0.263 e. The number of hydrogen-bond donors (Lipinski definition) is 1. The van der Waals surface area contributed by atoms with Gasteiger partial charge in [-0.15, -0.1) is 11.3 Å². The molecule has 1 aliphatic rings. The molecule has 0 radical (unpaired) electrons. The quantitative estimate of drug-likeness (QED) is 0.280. The van der Waals surface area contributed by atoms with E-state index in [1.54, 1.807) is 31.2 Å². The van der Waals surface area contributed by atoms with Crippen molar-refractivity contribution < 1.29 is 9.59 Å². The van der Waals surface area contributed by atoms with Gasteiger partial charge in [0.1, 0.15) is 4.83 Å². The normalized spacial score (nSPS) is 14.2. The Morgan fingerprint density at radius 1 is 1.19 bits per heavy atom. The molecule has 1 aromatic carbocycles. The molecule has 1 aliphatic carbocycles. The molecule has 4 rings (SSSR count). The molecule has 3 aromatic rings. The lowest BCUT2D eigenvalue weighted by Crippen LogP contribution is -2.26. The molecular weight excluding hydrogens is 442 g/mol. The molecule has 1 saturated carbocycles. The molecule has 1 fully saturated rings. The van der Waals surface area contributed by atoms with Crippen molar-refractivity contribution in [2.75, 3.05) is 11.1 Å². The summed E-state index contributed by atoms with van der Waals surface area (Å²) in [6.07, 6.45) is 4.57. The van der Waals surface area contributed by atoms with Crippen LogP contribution in [0.25, 0.3) is 10.2 Å². The highest BCUT2D eigenvalue weighted by molar-refractivity contribution is 7.99. The van der Waals surface area contributed by atoms with Gasteiger partial charge < -0.3 is 5.32 Å². The smallest absolute Gasteiger partial charge is 0.263 e. The van der Waals surface area contributed by atoms with Crippen molar-refractivity contribution in [2.45, 2.75) is 64.1 Å². The summed E-state index contributed by atoms with van der Waals surface area (Å²) in [6, 6.07) is 7.07. The number of thiophene rings is 1. The minimum absolute atomic E-state index is 0.0229. The van der Waals surface area contributed by atoms with Gasteiger partial charge in [-0.3, -0.25) is 19.0 Å². The number of fused-ring (bicyclic) bond motifs is 1. The zero-order chi connectivity index (χ0) is 22.8. The maximum absolute atomic E-state index is 13.4. The lowest BCUT2D eigenvalue weighted by Gasteiger charge is -2.18. The molecule has 2 heterocycles. The third-order valence-corrected chi connectivity index (χ3v) is 8.09. The molecule has 168 valence electrons. The number of rotatable bonds is 7. The fraction of sp³-hybridized carbons (Fsp3) is 0.417. The van der Waals surface area contributed by atoms with Gasteiger partial charge in [0, 0.05) is 28.6 Å². The van der Waals surface area contributed by atoms with Crippen LogP contribution in [0.3, 0.4) is 0 Å². The molecule has 0 spiro atoms. The van der Waals surface area contributed by atoms with E-state index in [1.807, 2.05) is 18.4 Å². The van der Waals surface area contributed by atoms with E-state index in [9.17, 15) is 14.4 Å². The monoisotopic (exact) mass is 469 g/mol. The summed E-state index contributed by atoms with van der Waals surface area (Å²) in [5.74, 6) is 0.105. The number of carbonyl (C=O) groups excluding carboxylic acids is 2. The molecule has 1 N–H and O–H groups in total. The summed E-state index contributed by atoms with van der Waals surface area (Å²) in [5.41, 5.74) is 2.28. The van der Waals surface area contributed by atoms with Crippen LogP contribution in [0.2, 0.25) is 0 Å². The highest BCUT2D eigenvalue weighted by Gasteiger charge is 2.25. The van der Waals surface area contributed by atoms with Crippen molar-refractivity contribution >= 4 is 50.7 Å². The summed E-state index contributed by atoms with van der Waals surface area (Å²) < 4.78 is 1.84. The molecule has 0 saturated heterocycles. The van der Waals surface area contributed by atoms with E-state index < -0.39 is 0 Å². The van der Waals surface area contributed by atoms with Gasteiger partial charge in [0.2, 0.25) is 5.91 Å². The summed E-state index contributed by atoms with van der Waals surface area (Å²) in [6.45, 7) is 5.79. The molecule has 0 aliphatic heterocycles. The molecule has 2 aromatic heterocycles. The number of hydrogen-bond acceptors (Lipinski definition) is 6. The van der Waals surface area contributed by atoms with E-state index in [1.165, 1.54) is 23.1 Å². The Hall–Kier alpha value is -2.45. The third kappa shape index (κ3) is 4.52. The minimum Gasteiger partial charge on any atom is -0.326 e. The van der Waals surface area contributed by atoms with Crippen molar-refractivity contribution in [1.29, 1.82) is 0 Å². The van der Waals surface area contributed by atoms with Crippen LogP contribution in [0, 0.1) is 13.8 Å². The number of carbonyl (C=O) groups is 2. The van der Waals surface area contributed by atoms with Crippen LogP contribution in [0.15, 0.2) is 34.2 Å². The van der Waals surface area contributed by atoms with Gasteiger partial charge in [-0.05, 0) is 56.5 Å². The van der Waals surface area contributed by atoms with E-state index >= 15 is 0 Å². The Bertz CT molecular complexity index is 1220. The highest BCUT2D eigenvalue weighted by Crippen LogP contribution is 2.34. The van der Waals surface area contributed by atoms with E-state index in [0.29, 0.717) is 22.8 Å². The average molecular weight is 470 g/mol. The van der Waals surface area contributed by atoms with E-state index in [0.717, 1.165) is 46.3 Å². The Balaban J connectivity index is 1.58. The van der Waals surface area contributed by atoms with Crippen LogP contribution >= 0.6 is 23.1 Å². The van der Waals surface area contributed by atoms with Crippen LogP contribution in [-0.4, -0.2) is 27.0 Å². The number of anilines is 1. The predicted octanol–water partition coefficient (Wildman–Crippen LogP) is 5.51. The first-order chi connectivity index (χ1) is 15.4. The van der Waals surface area contributed by atoms with Gasteiger partial charge in [-0.25, -0.2) is 4.98 Å². The summed E-state index contributed by atoms with van der Waals surface area (Å²) in [4.78, 5) is 44.5. The van der Waals surface area contributed by atoms with E-state index in [4.69, 9.17) is 4.98 Å². The zero-order valence-electron chi connectivity index (χ0n) is 18.6. The standard InChI is InChI=1S/C24H27N3O3S2/c1-4-20(29)25-17-11-9-16(10-12-17)19(28)13-31-24-26-22-21(14(2)15(3)32-22)23(30)27(24)18-7-5-6-8-18/h9-12,18H,4-8,13H2,1-3H3,(H,25,29). The summed E-state index contributed by atoms with van der Waals surface area (Å²) >= 11 is 2.88. The van der Waals surface area contributed by atoms with Crippen LogP contribution in [0.1, 0.15) is 65.9 Å². The van der Waals surface area contributed by atoms with Crippen molar-refractivity contribution in [3.63, 3.8) is 0 Å². The number of aryl methyl sites for hydroxylation is 2. The molecule has 8 heteroatoms. The fourth-order valence-electron chi connectivity index (χ4n) is 4.08. The maximum atomic E-state index is 13.4. The molecule has 0 unspecified atom stereocenters. The average Bonchev–Trinajstić information content (AvgIpc) is 3.40.